The molecule has 1 amide bonds. The van der Waals surface area contributed by atoms with Crippen LogP contribution in [-0.4, -0.2) is 37.9 Å². The second-order valence-electron chi connectivity index (χ2n) is 5.57. The maximum atomic E-state index is 12.5. The maximum Gasteiger partial charge on any atom is 0.335 e. The van der Waals surface area contributed by atoms with Crippen LogP contribution in [0.1, 0.15) is 36.1 Å². The van der Waals surface area contributed by atoms with Crippen LogP contribution in [0.15, 0.2) is 33.9 Å². The minimum atomic E-state index is -3.61. The van der Waals surface area contributed by atoms with Crippen molar-refractivity contribution in [2.45, 2.75) is 25.1 Å². The summed E-state index contributed by atoms with van der Waals surface area (Å²) < 4.78 is 33.3. The molecule has 1 aromatic heterocycles. The minimum Gasteiger partial charge on any atom is -0.496 e. The van der Waals surface area contributed by atoms with Gasteiger partial charge in [0, 0.05) is 6.26 Å². The molecule has 0 aliphatic carbocycles. The summed E-state index contributed by atoms with van der Waals surface area (Å²) in [6, 6.07) is 6.14. The van der Waals surface area contributed by atoms with E-state index in [4.69, 9.17) is 9.15 Å². The van der Waals surface area contributed by atoms with Crippen LogP contribution in [-0.2, 0) is 9.84 Å². The van der Waals surface area contributed by atoms with E-state index in [9.17, 15) is 13.2 Å². The van der Waals surface area contributed by atoms with Gasteiger partial charge in [0.2, 0.25) is 15.7 Å². The van der Waals surface area contributed by atoms with Gasteiger partial charge in [-0.05, 0) is 18.1 Å². The average molecular weight is 353 g/mol. The first-order valence-corrected chi connectivity index (χ1v) is 9.10. The van der Waals surface area contributed by atoms with Crippen LogP contribution >= 0.6 is 0 Å². The van der Waals surface area contributed by atoms with Crippen molar-refractivity contribution < 1.29 is 22.4 Å². The van der Waals surface area contributed by atoms with Gasteiger partial charge in [-0.25, -0.2) is 8.42 Å². The number of ether oxygens (including phenoxy) is 1. The van der Waals surface area contributed by atoms with E-state index < -0.39 is 21.1 Å². The molecule has 1 heterocycles. The van der Waals surface area contributed by atoms with Gasteiger partial charge < -0.3 is 14.5 Å². The van der Waals surface area contributed by atoms with Gasteiger partial charge in [-0.3, -0.25) is 4.79 Å². The number of carbonyl (C=O) groups excluding carboxylic acids is 1. The molecule has 2 aromatic rings. The number of hydrogen-bond acceptors (Lipinski definition) is 7. The predicted molar refractivity (Wildman–Crippen MR) is 85.4 cm³/mol. The van der Waals surface area contributed by atoms with Gasteiger partial charge in [-0.2, -0.15) is 0 Å². The smallest absolute Gasteiger partial charge is 0.335 e. The number of hydrogen-bond donors (Lipinski definition) is 1. The van der Waals surface area contributed by atoms with Gasteiger partial charge in [-0.1, -0.05) is 31.1 Å². The van der Waals surface area contributed by atoms with Crippen molar-refractivity contribution in [3.05, 3.63) is 35.7 Å². The highest BCUT2D eigenvalue weighted by Crippen LogP contribution is 2.24. The van der Waals surface area contributed by atoms with Crippen LogP contribution in [0.4, 0.5) is 0 Å². The van der Waals surface area contributed by atoms with E-state index in [2.05, 4.69) is 15.5 Å². The lowest BCUT2D eigenvalue weighted by atomic mass is 10.0. The SMILES string of the molecule is COc1ccccc1C(=O)N[C@H](c1nnc(S(C)(=O)=O)o1)C(C)C. The molecule has 0 saturated carbocycles. The van der Waals surface area contributed by atoms with Crippen molar-refractivity contribution in [3.8, 4) is 5.75 Å². The Morgan fingerprint density at radius 2 is 1.92 bits per heavy atom. The summed E-state index contributed by atoms with van der Waals surface area (Å²) >= 11 is 0. The average Bonchev–Trinajstić information content (AvgIpc) is 3.01. The minimum absolute atomic E-state index is 0.0358. The van der Waals surface area contributed by atoms with E-state index in [1.54, 1.807) is 24.3 Å². The van der Waals surface area contributed by atoms with Crippen LogP contribution in [0.5, 0.6) is 5.75 Å². The molecule has 0 spiro atoms. The molecule has 0 bridgehead atoms. The van der Waals surface area contributed by atoms with Crippen molar-refractivity contribution >= 4 is 15.7 Å². The molecule has 1 N–H and O–H groups in total. The number of para-hydroxylation sites is 1. The Bertz CT molecular complexity index is 829. The van der Waals surface area contributed by atoms with Gasteiger partial charge >= 0.3 is 5.22 Å². The molecular weight excluding hydrogens is 334 g/mol. The molecule has 0 fully saturated rings. The number of methoxy groups -OCH3 is 1. The lowest BCUT2D eigenvalue weighted by Gasteiger charge is -2.19. The van der Waals surface area contributed by atoms with Crippen molar-refractivity contribution in [1.82, 2.24) is 15.5 Å². The maximum absolute atomic E-state index is 12.5. The molecule has 9 heteroatoms. The van der Waals surface area contributed by atoms with Crippen molar-refractivity contribution in [2.24, 2.45) is 5.92 Å². The van der Waals surface area contributed by atoms with Gasteiger partial charge in [-0.15, -0.1) is 5.10 Å². The fourth-order valence-electron chi connectivity index (χ4n) is 2.06. The quantitative estimate of drug-likeness (QED) is 0.839. The van der Waals surface area contributed by atoms with Crippen molar-refractivity contribution in [1.29, 1.82) is 0 Å². The van der Waals surface area contributed by atoms with E-state index in [0.29, 0.717) is 11.3 Å². The van der Waals surface area contributed by atoms with E-state index >= 15 is 0 Å². The highest BCUT2D eigenvalue weighted by Gasteiger charge is 2.27. The molecule has 1 atom stereocenters. The largest absolute Gasteiger partial charge is 0.496 e. The third-order valence-electron chi connectivity index (χ3n) is 3.31. The van der Waals surface area contributed by atoms with E-state index in [0.717, 1.165) is 6.26 Å². The van der Waals surface area contributed by atoms with Crippen LogP contribution in [0, 0.1) is 5.92 Å². The van der Waals surface area contributed by atoms with Crippen molar-refractivity contribution in [2.75, 3.05) is 13.4 Å². The monoisotopic (exact) mass is 353 g/mol. The number of nitrogens with one attached hydrogen (secondary N) is 1. The molecule has 0 radical (unpaired) electrons. The van der Waals surface area contributed by atoms with Crippen molar-refractivity contribution in [3.63, 3.8) is 0 Å². The zero-order valence-corrected chi connectivity index (χ0v) is 14.6. The fraction of sp³-hybridized carbons (Fsp3) is 0.400. The number of sulfone groups is 1. The Labute approximate surface area is 140 Å². The summed E-state index contributed by atoms with van der Waals surface area (Å²) in [5.41, 5.74) is 0.355. The summed E-state index contributed by atoms with van der Waals surface area (Å²) in [4.78, 5) is 12.5. The summed E-state index contributed by atoms with van der Waals surface area (Å²) in [5, 5.41) is 9.58. The fourth-order valence-corrected chi connectivity index (χ4v) is 2.49. The third kappa shape index (κ3) is 3.91. The summed E-state index contributed by atoms with van der Waals surface area (Å²) in [5.74, 6) is -0.0182. The lowest BCUT2D eigenvalue weighted by molar-refractivity contribution is 0.0912. The molecule has 8 nitrogen and oxygen atoms in total. The van der Waals surface area contributed by atoms with Gasteiger partial charge in [0.25, 0.3) is 5.91 Å². The topological polar surface area (TPSA) is 111 Å². The molecule has 1 aromatic carbocycles. The molecule has 130 valence electrons. The first-order valence-electron chi connectivity index (χ1n) is 7.21. The molecule has 0 unspecified atom stereocenters. The molecule has 0 saturated heterocycles. The number of nitrogens with zero attached hydrogens (tertiary/aromatic N) is 2. The molecule has 0 aliphatic heterocycles. The Morgan fingerprint density at radius 3 is 2.46 bits per heavy atom. The lowest BCUT2D eigenvalue weighted by Crippen LogP contribution is -2.32. The van der Waals surface area contributed by atoms with E-state index in [1.807, 2.05) is 13.8 Å². The second kappa shape index (κ2) is 7.00. The first kappa shape index (κ1) is 17.9. The zero-order valence-electron chi connectivity index (χ0n) is 13.8. The second-order valence-corrected chi connectivity index (χ2v) is 7.47. The predicted octanol–water partition coefficient (Wildman–Crippen LogP) is 1.61. The number of carbonyl (C=O) groups is 1. The highest BCUT2D eigenvalue weighted by molar-refractivity contribution is 7.90. The number of rotatable bonds is 6. The van der Waals surface area contributed by atoms with Crippen LogP contribution in [0.3, 0.4) is 0 Å². The van der Waals surface area contributed by atoms with E-state index in [1.165, 1.54) is 7.11 Å². The molecular formula is C15H19N3O5S. The van der Waals surface area contributed by atoms with Gasteiger partial charge in [0.1, 0.15) is 11.8 Å². The standard InChI is InChI=1S/C15H19N3O5S/c1-9(2)12(14-17-18-15(23-14)24(4,20)21)16-13(19)10-7-5-6-8-11(10)22-3/h5-9,12H,1-4H3,(H,16,19)/t12-/m0/s1. The molecule has 0 aliphatic rings. The van der Waals surface area contributed by atoms with Crippen LogP contribution < -0.4 is 10.1 Å². The van der Waals surface area contributed by atoms with Crippen LogP contribution in [0.25, 0.3) is 0 Å². The van der Waals surface area contributed by atoms with E-state index in [-0.39, 0.29) is 17.7 Å². The zero-order chi connectivity index (χ0) is 17.9. The number of benzene rings is 1. The van der Waals surface area contributed by atoms with Gasteiger partial charge in [0.05, 0.1) is 12.7 Å². The highest BCUT2D eigenvalue weighted by atomic mass is 32.2. The summed E-state index contributed by atoms with van der Waals surface area (Å²) in [7, 11) is -2.13. The van der Waals surface area contributed by atoms with Crippen LogP contribution in [0.2, 0.25) is 0 Å². The number of aromatic nitrogens is 2. The van der Waals surface area contributed by atoms with Gasteiger partial charge in [0.15, 0.2) is 0 Å². The Hall–Kier alpha value is -2.42. The normalized spacial score (nSPS) is 12.9. The molecule has 2 rings (SSSR count). The first-order chi connectivity index (χ1) is 11.2. The molecule has 24 heavy (non-hydrogen) atoms. The summed E-state index contributed by atoms with van der Waals surface area (Å²) in [6.07, 6.45) is 0.974. The number of amides is 1. The Kier molecular flexibility index (Phi) is 5.23. The Morgan fingerprint density at radius 1 is 1.25 bits per heavy atom. The Balaban J connectivity index is 2.29. The summed E-state index contributed by atoms with van der Waals surface area (Å²) in [6.45, 7) is 3.69. The third-order valence-corrected chi connectivity index (χ3v) is 4.11.